The highest BCUT2D eigenvalue weighted by Gasteiger charge is 2.24. The summed E-state index contributed by atoms with van der Waals surface area (Å²) < 4.78 is 13.5. The summed E-state index contributed by atoms with van der Waals surface area (Å²) in [5.41, 5.74) is 3.62. The predicted octanol–water partition coefficient (Wildman–Crippen LogP) is 3.24. The molecule has 2 aromatic rings. The van der Waals surface area contributed by atoms with Crippen LogP contribution in [0.4, 0.5) is 4.39 Å². The third-order valence-corrected chi connectivity index (χ3v) is 4.00. The molecule has 21 heavy (non-hydrogen) atoms. The standard InChI is InChI=1S/C17H15FO3/c18-14-2-4-16-12(7-14)6-11-8-15(19)3-1-10(11)5-13(16)9-17(20)21/h1-4,7-8,13,19H,5-6,9H2,(H,20,21). The van der Waals surface area contributed by atoms with Gasteiger partial charge in [-0.1, -0.05) is 12.1 Å². The first-order valence-electron chi connectivity index (χ1n) is 6.84. The normalized spacial score (nSPS) is 16.7. The van der Waals surface area contributed by atoms with E-state index in [9.17, 15) is 14.3 Å². The van der Waals surface area contributed by atoms with E-state index in [4.69, 9.17) is 5.11 Å². The number of halogens is 1. The lowest BCUT2D eigenvalue weighted by atomic mass is 9.89. The number of phenols is 1. The number of fused-ring (bicyclic) bond motifs is 2. The van der Waals surface area contributed by atoms with Crippen LogP contribution in [0.25, 0.3) is 0 Å². The number of aliphatic carboxylic acids is 1. The molecule has 1 aliphatic rings. The molecule has 2 N–H and O–H groups in total. The lowest BCUT2D eigenvalue weighted by Gasteiger charge is -2.16. The maximum absolute atomic E-state index is 13.5. The second-order valence-corrected chi connectivity index (χ2v) is 5.47. The number of carbonyl (C=O) groups is 1. The Kier molecular flexibility index (Phi) is 3.37. The van der Waals surface area contributed by atoms with Crippen LogP contribution in [0.15, 0.2) is 36.4 Å². The minimum atomic E-state index is -0.863. The van der Waals surface area contributed by atoms with E-state index in [0.717, 1.165) is 22.3 Å². The third kappa shape index (κ3) is 2.75. The Morgan fingerprint density at radius 1 is 1.14 bits per heavy atom. The van der Waals surface area contributed by atoms with Crippen LogP contribution in [0, 0.1) is 5.82 Å². The maximum atomic E-state index is 13.5. The number of rotatable bonds is 2. The summed E-state index contributed by atoms with van der Waals surface area (Å²) in [6.45, 7) is 0. The molecular weight excluding hydrogens is 271 g/mol. The van der Waals surface area contributed by atoms with Gasteiger partial charge in [-0.15, -0.1) is 0 Å². The van der Waals surface area contributed by atoms with Crippen molar-refractivity contribution in [3.05, 3.63) is 64.5 Å². The molecule has 108 valence electrons. The third-order valence-electron chi connectivity index (χ3n) is 4.00. The van der Waals surface area contributed by atoms with Crippen molar-refractivity contribution in [2.24, 2.45) is 0 Å². The summed E-state index contributed by atoms with van der Waals surface area (Å²) in [6.07, 6.45) is 1.10. The molecule has 0 fully saturated rings. The van der Waals surface area contributed by atoms with E-state index in [1.807, 2.05) is 6.07 Å². The topological polar surface area (TPSA) is 57.5 Å². The van der Waals surface area contributed by atoms with Gasteiger partial charge in [-0.05, 0) is 65.3 Å². The number of carboxylic acids is 1. The largest absolute Gasteiger partial charge is 0.508 e. The number of phenolic OH excluding ortho intramolecular Hbond substituents is 1. The van der Waals surface area contributed by atoms with Gasteiger partial charge in [0.1, 0.15) is 11.6 Å². The Labute approximate surface area is 121 Å². The molecular formula is C17H15FO3. The van der Waals surface area contributed by atoms with Crippen LogP contribution in [-0.4, -0.2) is 16.2 Å². The van der Waals surface area contributed by atoms with E-state index in [0.29, 0.717) is 12.8 Å². The Balaban J connectivity index is 2.12. The summed E-state index contributed by atoms with van der Waals surface area (Å²) in [7, 11) is 0. The fraction of sp³-hybridized carbons (Fsp3) is 0.235. The van der Waals surface area contributed by atoms with Gasteiger partial charge < -0.3 is 10.2 Å². The van der Waals surface area contributed by atoms with Crippen LogP contribution < -0.4 is 0 Å². The first kappa shape index (κ1) is 13.6. The Morgan fingerprint density at radius 2 is 1.95 bits per heavy atom. The van der Waals surface area contributed by atoms with E-state index >= 15 is 0 Å². The van der Waals surface area contributed by atoms with Gasteiger partial charge in [-0.25, -0.2) is 4.39 Å². The van der Waals surface area contributed by atoms with Crippen molar-refractivity contribution in [3.8, 4) is 5.75 Å². The van der Waals surface area contributed by atoms with E-state index in [2.05, 4.69) is 0 Å². The molecule has 3 nitrogen and oxygen atoms in total. The highest BCUT2D eigenvalue weighted by Crippen LogP contribution is 2.35. The molecule has 1 atom stereocenters. The number of benzene rings is 2. The van der Waals surface area contributed by atoms with Gasteiger partial charge in [0.25, 0.3) is 0 Å². The van der Waals surface area contributed by atoms with Crippen LogP contribution in [0.2, 0.25) is 0 Å². The lowest BCUT2D eigenvalue weighted by Crippen LogP contribution is -2.09. The number of hydrogen-bond donors (Lipinski definition) is 2. The Morgan fingerprint density at radius 3 is 2.71 bits per heavy atom. The van der Waals surface area contributed by atoms with E-state index in [1.165, 1.54) is 12.1 Å². The fourth-order valence-corrected chi connectivity index (χ4v) is 3.08. The van der Waals surface area contributed by atoms with Crippen molar-refractivity contribution in [2.45, 2.75) is 25.2 Å². The zero-order valence-corrected chi connectivity index (χ0v) is 11.3. The second-order valence-electron chi connectivity index (χ2n) is 5.47. The second kappa shape index (κ2) is 5.20. The van der Waals surface area contributed by atoms with Gasteiger partial charge in [0, 0.05) is 0 Å². The molecule has 0 aromatic heterocycles. The number of hydrogen-bond acceptors (Lipinski definition) is 2. The summed E-state index contributed by atoms with van der Waals surface area (Å²) in [4.78, 5) is 11.1. The molecule has 0 spiro atoms. The maximum Gasteiger partial charge on any atom is 0.303 e. The molecule has 4 heteroatoms. The summed E-state index contributed by atoms with van der Waals surface area (Å²) in [6, 6.07) is 9.62. The molecule has 0 saturated carbocycles. The molecule has 0 amide bonds. The van der Waals surface area contributed by atoms with Crippen molar-refractivity contribution in [1.82, 2.24) is 0 Å². The van der Waals surface area contributed by atoms with Gasteiger partial charge in [-0.2, -0.15) is 0 Å². The average Bonchev–Trinajstić information content (AvgIpc) is 2.54. The van der Waals surface area contributed by atoms with Crippen molar-refractivity contribution >= 4 is 5.97 Å². The monoisotopic (exact) mass is 286 g/mol. The Bertz CT molecular complexity index is 709. The Hall–Kier alpha value is -2.36. The fourth-order valence-electron chi connectivity index (χ4n) is 3.08. The number of aromatic hydroxyl groups is 1. The quantitative estimate of drug-likeness (QED) is 0.891. The highest BCUT2D eigenvalue weighted by molar-refractivity contribution is 5.68. The van der Waals surface area contributed by atoms with Gasteiger partial charge in [0.15, 0.2) is 0 Å². The molecule has 0 saturated heterocycles. The van der Waals surface area contributed by atoms with Gasteiger partial charge in [0.05, 0.1) is 6.42 Å². The van der Waals surface area contributed by atoms with Gasteiger partial charge >= 0.3 is 5.97 Å². The smallest absolute Gasteiger partial charge is 0.303 e. The zero-order chi connectivity index (χ0) is 15.0. The van der Waals surface area contributed by atoms with Crippen LogP contribution in [0.1, 0.15) is 34.6 Å². The van der Waals surface area contributed by atoms with Crippen molar-refractivity contribution < 1.29 is 19.4 Å². The van der Waals surface area contributed by atoms with Crippen LogP contribution in [0.5, 0.6) is 5.75 Å². The minimum Gasteiger partial charge on any atom is -0.508 e. The molecule has 0 bridgehead atoms. The zero-order valence-electron chi connectivity index (χ0n) is 11.3. The van der Waals surface area contributed by atoms with E-state index in [1.54, 1.807) is 18.2 Å². The van der Waals surface area contributed by atoms with Crippen LogP contribution >= 0.6 is 0 Å². The average molecular weight is 286 g/mol. The molecule has 0 aliphatic heterocycles. The summed E-state index contributed by atoms with van der Waals surface area (Å²) in [5, 5.41) is 18.7. The molecule has 0 heterocycles. The van der Waals surface area contributed by atoms with Crippen LogP contribution in [-0.2, 0) is 17.6 Å². The number of carboxylic acid groups (broad SMARTS) is 1. The molecule has 2 aromatic carbocycles. The predicted molar refractivity (Wildman–Crippen MR) is 76.0 cm³/mol. The molecule has 1 unspecified atom stereocenters. The molecule has 3 rings (SSSR count). The van der Waals surface area contributed by atoms with E-state index < -0.39 is 5.97 Å². The van der Waals surface area contributed by atoms with Crippen molar-refractivity contribution in [3.63, 3.8) is 0 Å². The summed E-state index contributed by atoms with van der Waals surface area (Å²) in [5.74, 6) is -1.20. The molecule has 0 radical (unpaired) electrons. The minimum absolute atomic E-state index is 0.0128. The highest BCUT2D eigenvalue weighted by atomic mass is 19.1. The van der Waals surface area contributed by atoms with E-state index in [-0.39, 0.29) is 23.9 Å². The molecule has 1 aliphatic carbocycles. The van der Waals surface area contributed by atoms with Crippen LogP contribution in [0.3, 0.4) is 0 Å². The summed E-state index contributed by atoms with van der Waals surface area (Å²) >= 11 is 0. The first-order chi connectivity index (χ1) is 10.0. The lowest BCUT2D eigenvalue weighted by molar-refractivity contribution is -0.137. The van der Waals surface area contributed by atoms with Crippen molar-refractivity contribution in [2.75, 3.05) is 0 Å². The van der Waals surface area contributed by atoms with Crippen molar-refractivity contribution in [1.29, 1.82) is 0 Å². The van der Waals surface area contributed by atoms with Gasteiger partial charge in [0.2, 0.25) is 0 Å². The van der Waals surface area contributed by atoms with Gasteiger partial charge in [-0.3, -0.25) is 4.79 Å². The SMILES string of the molecule is O=C(O)CC1Cc2ccc(O)cc2Cc2cc(F)ccc21. The first-order valence-corrected chi connectivity index (χ1v) is 6.84.